The highest BCUT2D eigenvalue weighted by Crippen LogP contribution is 2.28. The lowest BCUT2D eigenvalue weighted by Crippen LogP contribution is -2.51. The van der Waals surface area contributed by atoms with Crippen LogP contribution in [0, 0.1) is 0 Å². The summed E-state index contributed by atoms with van der Waals surface area (Å²) in [7, 11) is -2.26. The molecule has 3 rings (SSSR count). The molecule has 8 nitrogen and oxygen atoms in total. The number of amides is 2. The van der Waals surface area contributed by atoms with E-state index in [0.717, 1.165) is 21.5 Å². The first-order valence-electron chi connectivity index (χ1n) is 11.3. The van der Waals surface area contributed by atoms with Crippen LogP contribution in [0.5, 0.6) is 5.75 Å². The van der Waals surface area contributed by atoms with Crippen LogP contribution < -0.4 is 14.4 Å². The molecule has 1 unspecified atom stereocenters. The van der Waals surface area contributed by atoms with E-state index in [0.29, 0.717) is 23.4 Å². The molecule has 1 N–H and O–H groups in total. The Morgan fingerprint density at radius 1 is 1.03 bits per heavy atom. The van der Waals surface area contributed by atoms with Crippen molar-refractivity contribution in [1.82, 2.24) is 10.2 Å². The standard InChI is InChI=1S/C26H31N3O5S/c1-5-27-26(31)19(2)28(17-20-10-8-13-22(16-20)34-3)25(30)18-29(35(4,32)33)24-15-9-12-21-11-6-7-14-23(21)24/h6-16,19H,5,17-18H2,1-4H3,(H,27,31). The Labute approximate surface area is 206 Å². The van der Waals surface area contributed by atoms with Crippen molar-refractivity contribution in [2.75, 3.05) is 30.8 Å². The molecule has 0 aliphatic carbocycles. The molecular weight excluding hydrogens is 466 g/mol. The van der Waals surface area contributed by atoms with Crippen molar-refractivity contribution >= 4 is 38.3 Å². The van der Waals surface area contributed by atoms with Crippen LogP contribution in [0.15, 0.2) is 66.7 Å². The predicted molar refractivity (Wildman–Crippen MR) is 138 cm³/mol. The summed E-state index contributed by atoms with van der Waals surface area (Å²) >= 11 is 0. The van der Waals surface area contributed by atoms with E-state index < -0.39 is 28.5 Å². The molecule has 1 atom stereocenters. The van der Waals surface area contributed by atoms with Crippen LogP contribution in [-0.2, 0) is 26.2 Å². The molecule has 9 heteroatoms. The van der Waals surface area contributed by atoms with E-state index in [1.807, 2.05) is 36.4 Å². The molecule has 3 aromatic rings. The molecule has 0 aliphatic rings. The number of hydrogen-bond donors (Lipinski definition) is 1. The number of methoxy groups -OCH3 is 1. The highest BCUT2D eigenvalue weighted by molar-refractivity contribution is 7.92. The molecule has 0 radical (unpaired) electrons. The lowest BCUT2D eigenvalue weighted by Gasteiger charge is -2.31. The zero-order valence-corrected chi connectivity index (χ0v) is 21.2. The van der Waals surface area contributed by atoms with Crippen molar-refractivity contribution in [1.29, 1.82) is 0 Å². The van der Waals surface area contributed by atoms with E-state index in [9.17, 15) is 18.0 Å². The third kappa shape index (κ3) is 6.30. The van der Waals surface area contributed by atoms with Crippen LogP contribution >= 0.6 is 0 Å². The Morgan fingerprint density at radius 2 is 1.71 bits per heavy atom. The van der Waals surface area contributed by atoms with Gasteiger partial charge in [0.05, 0.1) is 19.1 Å². The molecule has 0 aliphatic heterocycles. The summed E-state index contributed by atoms with van der Waals surface area (Å²) in [6, 6.07) is 19.1. The first-order chi connectivity index (χ1) is 16.7. The average molecular weight is 498 g/mol. The summed E-state index contributed by atoms with van der Waals surface area (Å²) in [5.74, 6) is -0.196. The highest BCUT2D eigenvalue weighted by atomic mass is 32.2. The molecule has 0 saturated carbocycles. The fourth-order valence-electron chi connectivity index (χ4n) is 3.89. The summed E-state index contributed by atoms with van der Waals surface area (Å²) in [4.78, 5) is 27.7. The highest BCUT2D eigenvalue weighted by Gasteiger charge is 2.30. The van der Waals surface area contributed by atoms with Crippen LogP contribution in [0.3, 0.4) is 0 Å². The minimum atomic E-state index is -3.81. The monoisotopic (exact) mass is 497 g/mol. The molecule has 0 spiro atoms. The summed E-state index contributed by atoms with van der Waals surface area (Å²) in [6.45, 7) is 3.51. The molecule has 3 aromatic carbocycles. The van der Waals surface area contributed by atoms with E-state index in [4.69, 9.17) is 4.74 Å². The Kier molecular flexibility index (Phi) is 8.34. The Hall–Kier alpha value is -3.59. The number of carbonyl (C=O) groups is 2. The van der Waals surface area contributed by atoms with Gasteiger partial charge >= 0.3 is 0 Å². The topological polar surface area (TPSA) is 96.0 Å². The number of fused-ring (bicyclic) bond motifs is 1. The number of benzene rings is 3. The maximum atomic E-state index is 13.6. The number of likely N-dealkylation sites (N-methyl/N-ethyl adjacent to an activating group) is 1. The zero-order valence-electron chi connectivity index (χ0n) is 20.4. The van der Waals surface area contributed by atoms with E-state index in [-0.39, 0.29) is 12.5 Å². The van der Waals surface area contributed by atoms with Gasteiger partial charge in [0.1, 0.15) is 18.3 Å². The van der Waals surface area contributed by atoms with Gasteiger partial charge < -0.3 is 15.0 Å². The molecule has 186 valence electrons. The summed E-state index contributed by atoms with van der Waals surface area (Å²) in [5.41, 5.74) is 1.16. The SMILES string of the molecule is CCNC(=O)C(C)N(Cc1cccc(OC)c1)C(=O)CN(c1cccc2ccccc12)S(C)(=O)=O. The van der Waals surface area contributed by atoms with Gasteiger partial charge in [-0.15, -0.1) is 0 Å². The normalized spacial score (nSPS) is 12.1. The van der Waals surface area contributed by atoms with E-state index in [2.05, 4.69) is 5.32 Å². The number of sulfonamides is 1. The molecule has 0 bridgehead atoms. The largest absolute Gasteiger partial charge is 0.497 e. The summed E-state index contributed by atoms with van der Waals surface area (Å²) in [5, 5.41) is 4.31. The van der Waals surface area contributed by atoms with Crippen molar-refractivity contribution in [3.8, 4) is 5.75 Å². The van der Waals surface area contributed by atoms with Crippen molar-refractivity contribution in [2.24, 2.45) is 0 Å². The molecule has 0 heterocycles. The number of nitrogens with one attached hydrogen (secondary N) is 1. The smallest absolute Gasteiger partial charge is 0.244 e. The minimum Gasteiger partial charge on any atom is -0.497 e. The van der Waals surface area contributed by atoms with Crippen LogP contribution in [0.2, 0.25) is 0 Å². The summed E-state index contributed by atoms with van der Waals surface area (Å²) in [6.07, 6.45) is 1.07. The van der Waals surface area contributed by atoms with Crippen LogP contribution in [0.4, 0.5) is 5.69 Å². The van der Waals surface area contributed by atoms with E-state index in [1.54, 1.807) is 51.3 Å². The van der Waals surface area contributed by atoms with Crippen LogP contribution in [-0.4, -0.2) is 57.6 Å². The molecule has 35 heavy (non-hydrogen) atoms. The Balaban J connectivity index is 2.00. The Bertz CT molecular complexity index is 1300. The second-order valence-electron chi connectivity index (χ2n) is 8.21. The van der Waals surface area contributed by atoms with Crippen molar-refractivity contribution in [2.45, 2.75) is 26.4 Å². The van der Waals surface area contributed by atoms with Gasteiger partial charge in [0.25, 0.3) is 0 Å². The lowest BCUT2D eigenvalue weighted by atomic mass is 10.1. The van der Waals surface area contributed by atoms with Gasteiger partial charge in [0.15, 0.2) is 0 Å². The predicted octanol–water partition coefficient (Wildman–Crippen LogP) is 3.17. The average Bonchev–Trinajstić information content (AvgIpc) is 2.84. The van der Waals surface area contributed by atoms with Crippen LogP contribution in [0.25, 0.3) is 10.8 Å². The zero-order chi connectivity index (χ0) is 25.6. The van der Waals surface area contributed by atoms with Gasteiger partial charge in [-0.1, -0.05) is 48.5 Å². The maximum Gasteiger partial charge on any atom is 0.244 e. The van der Waals surface area contributed by atoms with Crippen molar-refractivity contribution < 1.29 is 22.7 Å². The maximum absolute atomic E-state index is 13.6. The number of anilines is 1. The summed E-state index contributed by atoms with van der Waals surface area (Å²) < 4.78 is 32.1. The van der Waals surface area contributed by atoms with Crippen molar-refractivity contribution in [3.05, 3.63) is 72.3 Å². The first kappa shape index (κ1) is 26.0. The minimum absolute atomic E-state index is 0.113. The number of rotatable bonds is 10. The third-order valence-corrected chi connectivity index (χ3v) is 6.85. The fraction of sp³-hybridized carbons (Fsp3) is 0.308. The van der Waals surface area contributed by atoms with Gasteiger partial charge in [-0.3, -0.25) is 13.9 Å². The molecule has 2 amide bonds. The van der Waals surface area contributed by atoms with Gasteiger partial charge in [0, 0.05) is 18.5 Å². The number of ether oxygens (including phenoxy) is 1. The van der Waals surface area contributed by atoms with Gasteiger partial charge in [-0.25, -0.2) is 8.42 Å². The molecule has 0 saturated heterocycles. The number of carbonyl (C=O) groups excluding carboxylic acids is 2. The lowest BCUT2D eigenvalue weighted by molar-refractivity contribution is -0.139. The molecular formula is C26H31N3O5S. The molecule has 0 fully saturated rings. The van der Waals surface area contributed by atoms with Crippen LogP contribution in [0.1, 0.15) is 19.4 Å². The second-order valence-corrected chi connectivity index (χ2v) is 10.1. The van der Waals surface area contributed by atoms with Crippen molar-refractivity contribution in [3.63, 3.8) is 0 Å². The second kappa shape index (κ2) is 11.2. The number of hydrogen-bond acceptors (Lipinski definition) is 5. The Morgan fingerprint density at radius 3 is 2.40 bits per heavy atom. The van der Waals surface area contributed by atoms with Gasteiger partial charge in [-0.2, -0.15) is 0 Å². The van der Waals surface area contributed by atoms with Gasteiger partial charge in [0.2, 0.25) is 21.8 Å². The third-order valence-electron chi connectivity index (χ3n) is 5.72. The molecule has 0 aromatic heterocycles. The van der Waals surface area contributed by atoms with E-state index >= 15 is 0 Å². The fourth-order valence-corrected chi connectivity index (χ4v) is 4.75. The number of nitrogens with zero attached hydrogens (tertiary/aromatic N) is 2. The first-order valence-corrected chi connectivity index (χ1v) is 13.2. The van der Waals surface area contributed by atoms with Gasteiger partial charge in [-0.05, 0) is 43.0 Å². The quantitative estimate of drug-likeness (QED) is 0.464. The van der Waals surface area contributed by atoms with E-state index in [1.165, 1.54) is 4.90 Å².